The Hall–Kier alpha value is -8.01. The third kappa shape index (κ3) is 9.21. The van der Waals surface area contributed by atoms with Gasteiger partial charge in [-0.05, 0) is 148 Å². The summed E-state index contributed by atoms with van der Waals surface area (Å²) in [6.45, 7) is 18.2. The number of nitrogens with zero attached hydrogens (tertiary/aromatic N) is 2. The van der Waals surface area contributed by atoms with Crippen LogP contribution in [0.25, 0.3) is 89.9 Å². The molecule has 0 spiro atoms. The van der Waals surface area contributed by atoms with Gasteiger partial charge in [0.25, 0.3) is 0 Å². The molecule has 11 rings (SSSR count). The molecule has 69 heavy (non-hydrogen) atoms. The van der Waals surface area contributed by atoms with Crippen LogP contribution in [0.4, 0.5) is 0 Å². The second-order valence-electron chi connectivity index (χ2n) is 18.4. The molecule has 0 N–H and O–H groups in total. The average molecular weight is 895 g/mol. The fourth-order valence-corrected chi connectivity index (χ4v) is 9.93. The molecule has 3 heteroatoms. The minimum absolute atomic E-state index is 0.422. The summed E-state index contributed by atoms with van der Waals surface area (Å²) >= 11 is 0. The lowest BCUT2D eigenvalue weighted by Crippen LogP contribution is -2.18. The van der Waals surface area contributed by atoms with Crippen LogP contribution in [0.5, 0.6) is 0 Å². The summed E-state index contributed by atoms with van der Waals surface area (Å²) in [5, 5.41) is 4.55. The number of hydrogen-bond donors (Lipinski definition) is 0. The van der Waals surface area contributed by atoms with E-state index in [1.165, 1.54) is 73.7 Å². The van der Waals surface area contributed by atoms with Gasteiger partial charge in [-0.1, -0.05) is 185 Å². The molecule has 7 aromatic carbocycles. The van der Waals surface area contributed by atoms with E-state index in [1.54, 1.807) is 11.8 Å². The molecule has 338 valence electrons. The SMILES string of the molecule is C=C(/C=c1\c(=C)oc2ccccc12)CC.C=CN=C(/C=C\C)n1c2ccc(-c3ccccc3)cc2c2cc(-c3cccc(-c4cccc(-c5ccc(C6CC6)c(C6C=CC=CC6C)c5)c4)c3)ccc21. The largest absolute Gasteiger partial charge is 0.457 e. The Kier molecular flexibility index (Phi) is 12.8. The van der Waals surface area contributed by atoms with Crippen molar-refractivity contribution in [3.05, 3.63) is 241 Å². The summed E-state index contributed by atoms with van der Waals surface area (Å²) in [7, 11) is 0. The summed E-state index contributed by atoms with van der Waals surface area (Å²) in [6, 6.07) is 57.4. The molecular formula is C66H58N2O. The predicted octanol–water partition coefficient (Wildman–Crippen LogP) is 16.7. The van der Waals surface area contributed by atoms with E-state index < -0.39 is 0 Å². The minimum atomic E-state index is 0.422. The van der Waals surface area contributed by atoms with Gasteiger partial charge in [-0.25, -0.2) is 4.99 Å². The highest BCUT2D eigenvalue weighted by molar-refractivity contribution is 6.17. The summed E-state index contributed by atoms with van der Waals surface area (Å²) in [6.07, 6.45) is 20.5. The van der Waals surface area contributed by atoms with E-state index in [0.29, 0.717) is 23.2 Å². The second-order valence-corrected chi connectivity index (χ2v) is 18.4. The number of allylic oxidation sites excluding steroid dienone is 7. The minimum Gasteiger partial charge on any atom is -0.457 e. The van der Waals surface area contributed by atoms with Crippen molar-refractivity contribution < 1.29 is 4.42 Å². The van der Waals surface area contributed by atoms with Crippen molar-refractivity contribution in [3.63, 3.8) is 0 Å². The number of fused-ring (bicyclic) bond motifs is 4. The Morgan fingerprint density at radius 2 is 1.20 bits per heavy atom. The van der Waals surface area contributed by atoms with Gasteiger partial charge in [0, 0.05) is 33.5 Å². The van der Waals surface area contributed by atoms with Gasteiger partial charge >= 0.3 is 0 Å². The van der Waals surface area contributed by atoms with Crippen molar-refractivity contribution in [2.45, 2.75) is 51.9 Å². The Labute approximate surface area is 406 Å². The first kappa shape index (κ1) is 44.8. The number of para-hydroxylation sites is 1. The summed E-state index contributed by atoms with van der Waals surface area (Å²) in [5.41, 5.74) is 17.7. The first-order chi connectivity index (χ1) is 33.8. The number of aromatic nitrogens is 1. The van der Waals surface area contributed by atoms with Crippen LogP contribution in [0.3, 0.4) is 0 Å². The molecule has 1 saturated carbocycles. The first-order valence-electron chi connectivity index (χ1n) is 24.3. The topological polar surface area (TPSA) is 30.4 Å². The molecule has 0 amide bonds. The summed E-state index contributed by atoms with van der Waals surface area (Å²) in [5.74, 6) is 2.47. The van der Waals surface area contributed by atoms with E-state index >= 15 is 0 Å². The molecule has 1 fully saturated rings. The van der Waals surface area contributed by atoms with Crippen molar-refractivity contribution >= 4 is 51.3 Å². The highest BCUT2D eigenvalue weighted by atomic mass is 16.3. The first-order valence-corrected chi connectivity index (χ1v) is 24.3. The van der Waals surface area contributed by atoms with Crippen molar-refractivity contribution in [1.82, 2.24) is 4.57 Å². The fraction of sp³-hybridized carbons (Fsp3) is 0.136. The van der Waals surface area contributed by atoms with Gasteiger partial charge in [0.15, 0.2) is 0 Å². The fourth-order valence-electron chi connectivity index (χ4n) is 9.93. The number of furan rings is 1. The van der Waals surface area contributed by atoms with Crippen LogP contribution in [0.1, 0.15) is 63.0 Å². The molecule has 2 atom stereocenters. The Bertz CT molecular complexity index is 3640. The monoisotopic (exact) mass is 894 g/mol. The van der Waals surface area contributed by atoms with Crippen LogP contribution in [0.2, 0.25) is 0 Å². The van der Waals surface area contributed by atoms with Gasteiger partial charge in [-0.3, -0.25) is 4.57 Å². The Balaban J connectivity index is 0.000000314. The van der Waals surface area contributed by atoms with E-state index in [2.05, 4.69) is 201 Å². The highest BCUT2D eigenvalue weighted by Crippen LogP contribution is 2.47. The van der Waals surface area contributed by atoms with Gasteiger partial charge in [-0.2, -0.15) is 0 Å². The maximum atomic E-state index is 5.56. The summed E-state index contributed by atoms with van der Waals surface area (Å²) < 4.78 is 7.81. The molecular weight excluding hydrogens is 837 g/mol. The van der Waals surface area contributed by atoms with Crippen LogP contribution in [0, 0.1) is 5.92 Å². The normalized spacial score (nSPS) is 16.1. The smallest absolute Gasteiger partial charge is 0.137 e. The van der Waals surface area contributed by atoms with E-state index in [1.807, 2.05) is 49.4 Å². The Morgan fingerprint density at radius 1 is 0.638 bits per heavy atom. The molecule has 2 aromatic heterocycles. The average Bonchev–Trinajstić information content (AvgIpc) is 4.13. The molecule has 2 aliphatic rings. The molecule has 3 nitrogen and oxygen atoms in total. The van der Waals surface area contributed by atoms with E-state index in [9.17, 15) is 0 Å². The Morgan fingerprint density at radius 3 is 1.81 bits per heavy atom. The van der Waals surface area contributed by atoms with Gasteiger partial charge in [-0.15, -0.1) is 0 Å². The number of hydrogen-bond acceptors (Lipinski definition) is 2. The van der Waals surface area contributed by atoms with Crippen LogP contribution in [0.15, 0.2) is 229 Å². The van der Waals surface area contributed by atoms with Crippen LogP contribution < -0.4 is 10.6 Å². The van der Waals surface area contributed by atoms with Crippen LogP contribution >= 0.6 is 0 Å². The second kappa shape index (κ2) is 19.7. The molecule has 0 bridgehead atoms. The number of aliphatic imine (C=N–C) groups is 1. The van der Waals surface area contributed by atoms with E-state index in [0.717, 1.165) is 45.1 Å². The lowest BCUT2D eigenvalue weighted by molar-refractivity contribution is 0.577. The number of benzene rings is 7. The van der Waals surface area contributed by atoms with Crippen molar-refractivity contribution in [1.29, 1.82) is 0 Å². The zero-order valence-electron chi connectivity index (χ0n) is 39.9. The van der Waals surface area contributed by atoms with Gasteiger partial charge in [0.05, 0.1) is 11.0 Å². The molecule has 2 unspecified atom stereocenters. The van der Waals surface area contributed by atoms with Gasteiger partial charge < -0.3 is 4.42 Å². The van der Waals surface area contributed by atoms with Crippen molar-refractivity contribution in [2.24, 2.45) is 10.9 Å². The molecule has 0 saturated heterocycles. The highest BCUT2D eigenvalue weighted by Gasteiger charge is 2.30. The predicted molar refractivity (Wildman–Crippen MR) is 296 cm³/mol. The van der Waals surface area contributed by atoms with E-state index in [4.69, 9.17) is 4.42 Å². The molecule has 9 aromatic rings. The maximum Gasteiger partial charge on any atom is 0.137 e. The molecule has 2 heterocycles. The van der Waals surface area contributed by atoms with E-state index in [-0.39, 0.29) is 0 Å². The van der Waals surface area contributed by atoms with Crippen LogP contribution in [-0.4, -0.2) is 10.4 Å². The van der Waals surface area contributed by atoms with Crippen LogP contribution in [-0.2, 0) is 0 Å². The van der Waals surface area contributed by atoms with Gasteiger partial charge in [0.1, 0.15) is 16.8 Å². The quantitative estimate of drug-likeness (QED) is 0.0994. The summed E-state index contributed by atoms with van der Waals surface area (Å²) in [4.78, 5) is 4.69. The zero-order valence-corrected chi connectivity index (χ0v) is 39.9. The number of rotatable bonds is 10. The van der Waals surface area contributed by atoms with Crippen molar-refractivity contribution in [2.75, 3.05) is 0 Å². The standard InChI is InChI=1S/C52H44N2.C14H14O/c1-4-13-52(53-5-2)54-50-28-25-42(36-15-7-6-8-16-36)33-48(50)49-34-44(26-29-51(49)54)41-20-12-18-39(31-41)38-17-11-19-40(30-38)43-24-27-46(37-22-23-37)47(32-43)45-21-10-9-14-35(45)3;1-4-10(2)9-13-11(3)15-14-8-6-5-7-12(13)14/h4-21,24-35,37,45H,2,22-23H2,1,3H3;5-9H,2-4H2,1H3/b13-4-,53-52?;13-9+. The molecule has 0 aliphatic heterocycles. The third-order valence-corrected chi connectivity index (χ3v) is 13.8. The third-order valence-electron chi connectivity index (χ3n) is 13.8. The maximum absolute atomic E-state index is 5.56. The lowest BCUT2D eigenvalue weighted by atomic mass is 9.80. The molecule has 0 radical (unpaired) electrons. The molecule has 2 aliphatic carbocycles. The van der Waals surface area contributed by atoms with Crippen molar-refractivity contribution in [3.8, 4) is 44.5 Å². The lowest BCUT2D eigenvalue weighted by Gasteiger charge is -2.24. The zero-order chi connectivity index (χ0) is 47.4. The van der Waals surface area contributed by atoms with Gasteiger partial charge in [0.2, 0.25) is 0 Å².